The Morgan fingerprint density at radius 3 is 2.44 bits per heavy atom. The molecular weight excluding hydrogens is 446 g/mol. The van der Waals surface area contributed by atoms with Crippen LogP contribution in [0.2, 0.25) is 0 Å². The molecule has 2 aromatic rings. The number of aliphatic hydroxyl groups excluding tert-OH is 3. The molecule has 0 radical (unpaired) electrons. The minimum absolute atomic E-state index is 0.226. The molecule has 2 aromatic carbocycles. The molecule has 1 heterocycles. The van der Waals surface area contributed by atoms with Crippen LogP contribution >= 0.6 is 0 Å². The highest BCUT2D eigenvalue weighted by Gasteiger charge is 2.46. The molecule has 5 unspecified atom stereocenters. The number of aliphatic hydroxyl groups is 3. The molecular formula is C24H29NO9. The fourth-order valence-corrected chi connectivity index (χ4v) is 3.75. The summed E-state index contributed by atoms with van der Waals surface area (Å²) in [7, 11) is 1.49. The van der Waals surface area contributed by atoms with Gasteiger partial charge in [0.2, 0.25) is 12.2 Å². The Morgan fingerprint density at radius 2 is 1.79 bits per heavy atom. The van der Waals surface area contributed by atoms with E-state index in [9.17, 15) is 24.9 Å². The van der Waals surface area contributed by atoms with E-state index >= 15 is 0 Å². The number of carbonyl (C=O) groups excluding carboxylic acids is 2. The third-order valence-electron chi connectivity index (χ3n) is 5.38. The number of para-hydroxylation sites is 1. The highest BCUT2D eigenvalue weighted by molar-refractivity contribution is 5.92. The summed E-state index contributed by atoms with van der Waals surface area (Å²) in [6, 6.07) is 10.6. The Balaban J connectivity index is 2.01. The van der Waals surface area contributed by atoms with Crippen molar-refractivity contribution in [1.82, 2.24) is 5.32 Å². The van der Waals surface area contributed by atoms with Crippen LogP contribution in [0.3, 0.4) is 0 Å². The molecule has 1 aliphatic rings. The normalized spacial score (nSPS) is 24.2. The first-order chi connectivity index (χ1) is 16.3. The first-order valence-electron chi connectivity index (χ1n) is 10.8. The number of ether oxygens (including phenoxy) is 4. The first-order valence-corrected chi connectivity index (χ1v) is 10.8. The quantitative estimate of drug-likeness (QED) is 0.409. The fraction of sp³-hybridized carbons (Fsp3) is 0.417. The first kappa shape index (κ1) is 25.4. The van der Waals surface area contributed by atoms with Crippen molar-refractivity contribution in [2.75, 3.05) is 20.3 Å². The number of hydrogen-bond donors (Lipinski definition) is 4. The molecule has 1 fully saturated rings. The van der Waals surface area contributed by atoms with E-state index in [0.717, 1.165) is 0 Å². The lowest BCUT2D eigenvalue weighted by molar-refractivity contribution is -0.244. The molecule has 0 aliphatic carbocycles. The second-order valence-electron chi connectivity index (χ2n) is 7.68. The minimum Gasteiger partial charge on any atom is -0.496 e. The van der Waals surface area contributed by atoms with Crippen LogP contribution in [0.1, 0.15) is 24.2 Å². The van der Waals surface area contributed by atoms with Crippen molar-refractivity contribution in [3.8, 4) is 22.6 Å². The van der Waals surface area contributed by atoms with E-state index in [1.807, 2.05) is 0 Å². The van der Waals surface area contributed by atoms with Gasteiger partial charge >= 0.3 is 5.97 Å². The van der Waals surface area contributed by atoms with Crippen LogP contribution in [0, 0.1) is 0 Å². The van der Waals surface area contributed by atoms with E-state index in [1.165, 1.54) is 14.0 Å². The lowest BCUT2D eigenvalue weighted by atomic mass is 9.96. The zero-order valence-corrected chi connectivity index (χ0v) is 19.1. The third kappa shape index (κ3) is 5.48. The highest BCUT2D eigenvalue weighted by atomic mass is 16.7. The summed E-state index contributed by atoms with van der Waals surface area (Å²) in [5.74, 6) is -0.194. The van der Waals surface area contributed by atoms with Crippen LogP contribution in [-0.4, -0.2) is 78.2 Å². The minimum atomic E-state index is -1.45. The summed E-state index contributed by atoms with van der Waals surface area (Å²) in [5.41, 5.74) is 1.39. The van der Waals surface area contributed by atoms with E-state index < -0.39 is 49.1 Å². The number of hydrogen-bond acceptors (Lipinski definition) is 9. The maximum atomic E-state index is 12.3. The second kappa shape index (κ2) is 11.3. The van der Waals surface area contributed by atoms with Gasteiger partial charge in [0.15, 0.2) is 0 Å². The molecule has 3 rings (SSSR count). The summed E-state index contributed by atoms with van der Waals surface area (Å²) < 4.78 is 22.3. The molecule has 1 amide bonds. The Bertz CT molecular complexity index is 1010. The molecule has 1 saturated heterocycles. The standard InChI is InChI=1S/C24H29NO9/c1-4-32-23(30)14-9-10-17(31-3)16(11-14)15-7-5-6-8-18(15)33-24-20(25-13(2)27)22(29)21(28)19(12-26)34-24/h5-11,19-22,24,26,28-29H,4,12H2,1-3H3,(H,25,27). The van der Waals surface area contributed by atoms with Gasteiger partial charge in [0.05, 0.1) is 25.9 Å². The summed E-state index contributed by atoms with van der Waals surface area (Å²) in [5, 5.41) is 32.9. The zero-order chi connectivity index (χ0) is 24.8. The molecule has 0 saturated carbocycles. The van der Waals surface area contributed by atoms with Crippen LogP contribution < -0.4 is 14.8 Å². The Labute approximate surface area is 197 Å². The number of methoxy groups -OCH3 is 1. The lowest BCUT2D eigenvalue weighted by Gasteiger charge is -2.42. The largest absolute Gasteiger partial charge is 0.496 e. The number of nitrogens with one attached hydrogen (secondary N) is 1. The molecule has 34 heavy (non-hydrogen) atoms. The summed E-state index contributed by atoms with van der Waals surface area (Å²) in [6.45, 7) is 2.63. The van der Waals surface area contributed by atoms with E-state index in [-0.39, 0.29) is 6.61 Å². The molecule has 10 nitrogen and oxygen atoms in total. The van der Waals surface area contributed by atoms with Gasteiger partial charge < -0.3 is 39.6 Å². The van der Waals surface area contributed by atoms with Gasteiger partial charge in [0, 0.05) is 18.1 Å². The average molecular weight is 475 g/mol. The molecule has 10 heteroatoms. The van der Waals surface area contributed by atoms with Crippen LogP contribution in [-0.2, 0) is 14.3 Å². The van der Waals surface area contributed by atoms with Crippen LogP contribution in [0.15, 0.2) is 42.5 Å². The number of carbonyl (C=O) groups is 2. The van der Waals surface area contributed by atoms with Gasteiger partial charge in [-0.3, -0.25) is 4.79 Å². The predicted molar refractivity (Wildman–Crippen MR) is 120 cm³/mol. The maximum absolute atomic E-state index is 12.3. The van der Waals surface area contributed by atoms with Gasteiger partial charge in [-0.15, -0.1) is 0 Å². The molecule has 4 N–H and O–H groups in total. The van der Waals surface area contributed by atoms with Crippen molar-refractivity contribution in [1.29, 1.82) is 0 Å². The summed E-state index contributed by atoms with van der Waals surface area (Å²) >= 11 is 0. The Kier molecular flexibility index (Phi) is 8.46. The second-order valence-corrected chi connectivity index (χ2v) is 7.68. The van der Waals surface area contributed by atoms with Crippen molar-refractivity contribution in [3.63, 3.8) is 0 Å². The van der Waals surface area contributed by atoms with Crippen molar-refractivity contribution < 1.29 is 43.9 Å². The van der Waals surface area contributed by atoms with Crippen molar-refractivity contribution >= 4 is 11.9 Å². The summed E-state index contributed by atoms with van der Waals surface area (Å²) in [4.78, 5) is 24.0. The molecule has 0 aromatic heterocycles. The topological polar surface area (TPSA) is 144 Å². The molecule has 5 atom stereocenters. The SMILES string of the molecule is CCOC(=O)c1ccc(OC)c(-c2ccccc2OC2OC(CO)C(O)C(O)C2NC(C)=O)c1. The Morgan fingerprint density at radius 1 is 1.06 bits per heavy atom. The Hall–Kier alpha value is -3.18. The van der Waals surface area contributed by atoms with Crippen molar-refractivity contribution in [2.45, 2.75) is 44.5 Å². The van der Waals surface area contributed by atoms with Gasteiger partial charge in [0.1, 0.15) is 35.9 Å². The fourth-order valence-electron chi connectivity index (χ4n) is 3.75. The lowest BCUT2D eigenvalue weighted by Crippen LogP contribution is -2.65. The smallest absolute Gasteiger partial charge is 0.338 e. The molecule has 0 spiro atoms. The van der Waals surface area contributed by atoms with Gasteiger partial charge in [-0.25, -0.2) is 4.79 Å². The van der Waals surface area contributed by atoms with Gasteiger partial charge in [0.25, 0.3) is 0 Å². The molecule has 0 bridgehead atoms. The number of rotatable bonds is 8. The average Bonchev–Trinajstić information content (AvgIpc) is 2.83. The van der Waals surface area contributed by atoms with Gasteiger partial charge in [-0.1, -0.05) is 18.2 Å². The van der Waals surface area contributed by atoms with E-state index in [2.05, 4.69) is 5.32 Å². The monoisotopic (exact) mass is 475 g/mol. The van der Waals surface area contributed by atoms with Crippen LogP contribution in [0.4, 0.5) is 0 Å². The zero-order valence-electron chi connectivity index (χ0n) is 19.1. The highest BCUT2D eigenvalue weighted by Crippen LogP contribution is 2.38. The van der Waals surface area contributed by atoms with Crippen molar-refractivity contribution in [2.24, 2.45) is 0 Å². The molecule has 184 valence electrons. The number of esters is 1. The van der Waals surface area contributed by atoms with Gasteiger partial charge in [-0.05, 0) is 31.2 Å². The van der Waals surface area contributed by atoms with E-state index in [0.29, 0.717) is 28.2 Å². The predicted octanol–water partition coefficient (Wildman–Crippen LogP) is 0.861. The molecule has 1 aliphatic heterocycles. The number of amides is 1. The van der Waals surface area contributed by atoms with Crippen molar-refractivity contribution in [3.05, 3.63) is 48.0 Å². The maximum Gasteiger partial charge on any atom is 0.338 e. The summed E-state index contributed by atoms with van der Waals surface area (Å²) in [6.07, 6.45) is -5.24. The van der Waals surface area contributed by atoms with Gasteiger partial charge in [-0.2, -0.15) is 0 Å². The van der Waals surface area contributed by atoms with E-state index in [4.69, 9.17) is 18.9 Å². The number of benzene rings is 2. The third-order valence-corrected chi connectivity index (χ3v) is 5.38. The van der Waals surface area contributed by atoms with Crippen LogP contribution in [0.5, 0.6) is 11.5 Å². The van der Waals surface area contributed by atoms with Crippen LogP contribution in [0.25, 0.3) is 11.1 Å². The van der Waals surface area contributed by atoms with E-state index in [1.54, 1.807) is 49.4 Å².